The number of carboxylic acid groups (broad SMARTS) is 1. The van der Waals surface area contributed by atoms with Gasteiger partial charge in [-0.3, -0.25) is 0 Å². The number of hydrogen-bond donors (Lipinski definition) is 1. The van der Waals surface area contributed by atoms with Gasteiger partial charge in [0.15, 0.2) is 5.69 Å². The smallest absolute Gasteiger partial charge is 0.358 e. The quantitative estimate of drug-likeness (QED) is 0.938. The highest BCUT2D eigenvalue weighted by Gasteiger charge is 2.26. The second kappa shape index (κ2) is 5.72. The fourth-order valence-electron chi connectivity index (χ4n) is 1.64. The first kappa shape index (κ1) is 14.7. The number of halogens is 4. The van der Waals surface area contributed by atoms with Gasteiger partial charge < -0.3 is 5.11 Å². The Morgan fingerprint density at radius 1 is 1.35 bits per heavy atom. The van der Waals surface area contributed by atoms with Crippen LogP contribution < -0.4 is 0 Å². The Balaban J connectivity index is 2.47. The fourth-order valence-corrected chi connectivity index (χ4v) is 2.16. The Labute approximate surface area is 121 Å². The Bertz CT molecular complexity index is 641. The third kappa shape index (κ3) is 2.73. The lowest BCUT2D eigenvalue weighted by Gasteiger charge is -2.09. The summed E-state index contributed by atoms with van der Waals surface area (Å²) in [6.45, 7) is -0.196. The van der Waals surface area contributed by atoms with Crippen LogP contribution in [-0.2, 0) is 6.54 Å². The average molecular weight is 322 g/mol. The molecule has 0 bridgehead atoms. The molecule has 0 radical (unpaired) electrons. The molecule has 0 saturated heterocycles. The highest BCUT2D eigenvalue weighted by atomic mass is 35.5. The second-order valence-corrected chi connectivity index (χ2v) is 4.60. The standard InChI is InChI=1S/C11H7Cl2F2N3O2/c12-6-2-1-3-7(13)5(6)4-18-9(10(14)15)8(11(19)20)16-17-18/h1-3,10H,4H2,(H,19,20). The summed E-state index contributed by atoms with van der Waals surface area (Å²) >= 11 is 11.9. The zero-order chi connectivity index (χ0) is 14.9. The predicted molar refractivity (Wildman–Crippen MR) is 67.5 cm³/mol. The molecule has 5 nitrogen and oxygen atoms in total. The number of alkyl halides is 2. The molecular formula is C11H7Cl2F2N3O2. The number of hydrogen-bond acceptors (Lipinski definition) is 3. The second-order valence-electron chi connectivity index (χ2n) is 3.79. The molecule has 0 aliphatic carbocycles. The van der Waals surface area contributed by atoms with E-state index in [1.807, 2.05) is 0 Å². The van der Waals surface area contributed by atoms with Crippen molar-refractivity contribution in [2.75, 3.05) is 0 Å². The number of carbonyl (C=O) groups is 1. The van der Waals surface area contributed by atoms with Crippen molar-refractivity contribution < 1.29 is 18.7 Å². The van der Waals surface area contributed by atoms with Crippen molar-refractivity contribution in [2.24, 2.45) is 0 Å². The van der Waals surface area contributed by atoms with Crippen molar-refractivity contribution in [3.63, 3.8) is 0 Å². The Morgan fingerprint density at radius 3 is 2.45 bits per heavy atom. The van der Waals surface area contributed by atoms with Crippen molar-refractivity contribution in [3.8, 4) is 0 Å². The molecule has 106 valence electrons. The van der Waals surface area contributed by atoms with Crippen molar-refractivity contribution in [1.29, 1.82) is 0 Å². The lowest BCUT2D eigenvalue weighted by molar-refractivity contribution is 0.0675. The molecule has 20 heavy (non-hydrogen) atoms. The maximum absolute atomic E-state index is 13.0. The minimum atomic E-state index is -3.03. The van der Waals surface area contributed by atoms with E-state index in [0.29, 0.717) is 5.56 Å². The monoisotopic (exact) mass is 321 g/mol. The van der Waals surface area contributed by atoms with Gasteiger partial charge in [-0.2, -0.15) is 0 Å². The average Bonchev–Trinajstić information content (AvgIpc) is 2.78. The third-order valence-corrected chi connectivity index (χ3v) is 3.26. The number of aromatic nitrogens is 3. The molecule has 0 atom stereocenters. The normalized spacial score (nSPS) is 11.1. The van der Waals surface area contributed by atoms with Crippen LogP contribution >= 0.6 is 23.2 Å². The molecule has 0 amide bonds. The van der Waals surface area contributed by atoms with Crippen molar-refractivity contribution in [1.82, 2.24) is 15.0 Å². The summed E-state index contributed by atoms with van der Waals surface area (Å²) in [6, 6.07) is 4.69. The third-order valence-electron chi connectivity index (χ3n) is 2.55. The van der Waals surface area contributed by atoms with Gasteiger partial charge in [-0.15, -0.1) is 5.10 Å². The lowest BCUT2D eigenvalue weighted by atomic mass is 10.2. The first-order valence-electron chi connectivity index (χ1n) is 5.29. The molecule has 0 fully saturated rings. The van der Waals surface area contributed by atoms with Gasteiger partial charge in [-0.1, -0.05) is 34.5 Å². The van der Waals surface area contributed by atoms with Gasteiger partial charge in [0.2, 0.25) is 0 Å². The van der Waals surface area contributed by atoms with Gasteiger partial charge in [0.25, 0.3) is 6.43 Å². The highest BCUT2D eigenvalue weighted by molar-refractivity contribution is 6.35. The molecular weight excluding hydrogens is 315 g/mol. The number of nitrogens with zero attached hydrogens (tertiary/aromatic N) is 3. The zero-order valence-corrected chi connectivity index (χ0v) is 11.2. The Hall–Kier alpha value is -1.73. The van der Waals surface area contributed by atoms with Crippen LogP contribution in [0.25, 0.3) is 0 Å². The number of aromatic carboxylic acids is 1. The van der Waals surface area contributed by atoms with E-state index in [0.717, 1.165) is 4.68 Å². The minimum Gasteiger partial charge on any atom is -0.476 e. The van der Waals surface area contributed by atoms with Gasteiger partial charge in [-0.25, -0.2) is 18.3 Å². The van der Waals surface area contributed by atoms with Crippen LogP contribution in [0.5, 0.6) is 0 Å². The van der Waals surface area contributed by atoms with Crippen LogP contribution in [0, 0.1) is 0 Å². The van der Waals surface area contributed by atoms with Crippen LogP contribution in [0.3, 0.4) is 0 Å². The van der Waals surface area contributed by atoms with Crippen LogP contribution in [0.2, 0.25) is 10.0 Å². The topological polar surface area (TPSA) is 68.0 Å². The maximum atomic E-state index is 13.0. The van der Waals surface area contributed by atoms with E-state index in [2.05, 4.69) is 10.3 Å². The molecule has 1 N–H and O–H groups in total. The fraction of sp³-hybridized carbons (Fsp3) is 0.182. The highest BCUT2D eigenvalue weighted by Crippen LogP contribution is 2.27. The van der Waals surface area contributed by atoms with Gasteiger partial charge in [0.05, 0.1) is 6.54 Å². The van der Waals surface area contributed by atoms with E-state index in [1.54, 1.807) is 18.2 Å². The van der Waals surface area contributed by atoms with Crippen LogP contribution in [0.4, 0.5) is 8.78 Å². The summed E-state index contributed by atoms with van der Waals surface area (Å²) in [7, 11) is 0. The molecule has 0 saturated carbocycles. The van der Waals surface area contributed by atoms with Gasteiger partial charge in [0.1, 0.15) is 5.69 Å². The lowest BCUT2D eigenvalue weighted by Crippen LogP contribution is -2.10. The molecule has 9 heteroatoms. The molecule has 0 aliphatic rings. The summed E-state index contributed by atoms with van der Waals surface area (Å²) in [5, 5.41) is 16.0. The van der Waals surface area contributed by atoms with E-state index in [-0.39, 0.29) is 16.6 Å². The summed E-state index contributed by atoms with van der Waals surface area (Å²) in [4.78, 5) is 10.8. The van der Waals surface area contributed by atoms with E-state index in [4.69, 9.17) is 28.3 Å². The molecule has 1 aromatic carbocycles. The predicted octanol–water partition coefficient (Wildman–Crippen LogP) is 3.27. The number of benzene rings is 1. The van der Waals surface area contributed by atoms with Gasteiger partial charge >= 0.3 is 5.97 Å². The maximum Gasteiger partial charge on any atom is 0.358 e. The summed E-state index contributed by atoms with van der Waals surface area (Å²) in [5.41, 5.74) is -1.21. The first-order valence-corrected chi connectivity index (χ1v) is 6.05. The molecule has 2 aromatic rings. The van der Waals surface area contributed by atoms with Crippen LogP contribution in [0.1, 0.15) is 28.2 Å². The van der Waals surface area contributed by atoms with E-state index in [9.17, 15) is 13.6 Å². The number of rotatable bonds is 4. The van der Waals surface area contributed by atoms with Crippen molar-refractivity contribution in [2.45, 2.75) is 13.0 Å². The van der Waals surface area contributed by atoms with Crippen molar-refractivity contribution >= 4 is 29.2 Å². The van der Waals surface area contributed by atoms with E-state index in [1.165, 1.54) is 0 Å². The zero-order valence-electron chi connectivity index (χ0n) is 9.73. The molecule has 1 heterocycles. The molecule has 0 aliphatic heterocycles. The summed E-state index contributed by atoms with van der Waals surface area (Å²) in [5.74, 6) is -1.57. The van der Waals surface area contributed by atoms with E-state index >= 15 is 0 Å². The molecule has 2 rings (SSSR count). The largest absolute Gasteiger partial charge is 0.476 e. The minimum absolute atomic E-state index is 0.196. The number of carboxylic acids is 1. The SMILES string of the molecule is O=C(O)c1nnn(Cc2c(Cl)cccc2Cl)c1C(F)F. The summed E-state index contributed by atoms with van der Waals surface area (Å²) in [6.07, 6.45) is -3.03. The van der Waals surface area contributed by atoms with E-state index < -0.39 is 23.8 Å². The molecule has 1 aromatic heterocycles. The Kier molecular flexibility index (Phi) is 4.20. The Morgan fingerprint density at radius 2 is 1.95 bits per heavy atom. The van der Waals surface area contributed by atoms with Gasteiger partial charge in [0, 0.05) is 15.6 Å². The van der Waals surface area contributed by atoms with Crippen LogP contribution in [-0.4, -0.2) is 26.1 Å². The van der Waals surface area contributed by atoms with Crippen molar-refractivity contribution in [3.05, 3.63) is 45.2 Å². The van der Waals surface area contributed by atoms with Crippen LogP contribution in [0.15, 0.2) is 18.2 Å². The first-order chi connectivity index (χ1) is 9.41. The molecule has 0 spiro atoms. The summed E-state index contributed by atoms with van der Waals surface area (Å²) < 4.78 is 26.7. The molecule has 0 unspecified atom stereocenters. The van der Waals surface area contributed by atoms with Gasteiger partial charge in [-0.05, 0) is 12.1 Å².